The molecule has 1 N–H and O–H groups in total. The molecule has 1 aromatic carbocycles. The van der Waals surface area contributed by atoms with Crippen LogP contribution in [0.3, 0.4) is 0 Å². The second-order valence-corrected chi connectivity index (χ2v) is 10.1. The second kappa shape index (κ2) is 9.22. The van der Waals surface area contributed by atoms with Crippen LogP contribution in [0.4, 0.5) is 5.82 Å². The van der Waals surface area contributed by atoms with Gasteiger partial charge in [-0.05, 0) is 30.0 Å². The van der Waals surface area contributed by atoms with Gasteiger partial charge in [0.2, 0.25) is 5.91 Å². The summed E-state index contributed by atoms with van der Waals surface area (Å²) in [4.78, 5) is 32.6. The van der Waals surface area contributed by atoms with Gasteiger partial charge >= 0.3 is 0 Å². The van der Waals surface area contributed by atoms with Crippen molar-refractivity contribution < 1.29 is 18.0 Å². The van der Waals surface area contributed by atoms with Crippen LogP contribution in [0.25, 0.3) is 0 Å². The number of sulfone groups is 1. The van der Waals surface area contributed by atoms with Crippen LogP contribution in [0.2, 0.25) is 5.02 Å². The minimum atomic E-state index is -3.46. The van der Waals surface area contributed by atoms with Crippen molar-refractivity contribution in [1.29, 1.82) is 0 Å². The van der Waals surface area contributed by atoms with Gasteiger partial charge in [-0.15, -0.1) is 0 Å². The molecule has 160 valence electrons. The Kier molecular flexibility index (Phi) is 6.88. The number of anilines is 1. The molecule has 1 heterocycles. The molecule has 0 spiro atoms. The zero-order valence-corrected chi connectivity index (χ0v) is 18.5. The first-order valence-electron chi connectivity index (χ1n) is 9.78. The number of nitrogens with zero attached hydrogens (tertiary/aromatic N) is 2. The standard InChI is InChI=1S/C21H24ClN3O4S/c1-13(26)18-11-24-20(12-23-18)25-21(27)16(9-14-5-3-4-6-14)15-7-8-19(17(22)10-15)30(2,28)29/h7-8,10-12,14,16H,3-6,9H2,1-2H3,(H,24,25,27). The van der Waals surface area contributed by atoms with Crippen LogP contribution in [-0.2, 0) is 14.6 Å². The van der Waals surface area contributed by atoms with Gasteiger partial charge in [-0.25, -0.2) is 18.4 Å². The van der Waals surface area contributed by atoms with Crippen molar-refractivity contribution in [2.45, 2.75) is 49.8 Å². The molecule has 1 aliphatic rings. The third-order valence-electron chi connectivity index (χ3n) is 5.38. The Morgan fingerprint density at radius 2 is 1.90 bits per heavy atom. The molecule has 1 aliphatic carbocycles. The molecule has 0 aliphatic heterocycles. The van der Waals surface area contributed by atoms with Crippen LogP contribution in [0.1, 0.15) is 61.0 Å². The lowest BCUT2D eigenvalue weighted by Crippen LogP contribution is -2.24. The van der Waals surface area contributed by atoms with Crippen LogP contribution in [-0.4, -0.2) is 36.3 Å². The predicted octanol–water partition coefficient (Wildman–Crippen LogP) is 4.04. The molecule has 1 atom stereocenters. The number of hydrogen-bond donors (Lipinski definition) is 1. The van der Waals surface area contributed by atoms with E-state index in [-0.39, 0.29) is 33.1 Å². The summed E-state index contributed by atoms with van der Waals surface area (Å²) in [7, 11) is -3.46. The molecule has 1 fully saturated rings. The molecule has 3 rings (SSSR count). The number of halogens is 1. The molecule has 0 saturated heterocycles. The fourth-order valence-electron chi connectivity index (χ4n) is 3.80. The van der Waals surface area contributed by atoms with Gasteiger partial charge in [-0.3, -0.25) is 9.59 Å². The van der Waals surface area contributed by atoms with E-state index in [0.717, 1.165) is 31.9 Å². The molecule has 7 nitrogen and oxygen atoms in total. The van der Waals surface area contributed by atoms with Crippen molar-refractivity contribution in [3.05, 3.63) is 46.9 Å². The smallest absolute Gasteiger partial charge is 0.233 e. The minimum Gasteiger partial charge on any atom is -0.309 e. The van der Waals surface area contributed by atoms with Crippen molar-refractivity contribution in [2.24, 2.45) is 5.92 Å². The normalized spacial score (nSPS) is 15.7. The zero-order valence-electron chi connectivity index (χ0n) is 16.9. The largest absolute Gasteiger partial charge is 0.309 e. The average Bonchev–Trinajstić information content (AvgIpc) is 3.18. The SMILES string of the molecule is CC(=O)c1cnc(NC(=O)C(CC2CCCC2)c2ccc(S(C)(=O)=O)c(Cl)c2)cn1. The maximum absolute atomic E-state index is 13.1. The molecule has 30 heavy (non-hydrogen) atoms. The van der Waals surface area contributed by atoms with Crippen LogP contribution in [0.15, 0.2) is 35.5 Å². The van der Waals surface area contributed by atoms with E-state index >= 15 is 0 Å². The molecule has 2 aromatic rings. The van der Waals surface area contributed by atoms with Crippen molar-refractivity contribution in [2.75, 3.05) is 11.6 Å². The molecule has 1 unspecified atom stereocenters. The Balaban J connectivity index is 1.87. The number of carbonyl (C=O) groups excluding carboxylic acids is 2. The number of hydrogen-bond acceptors (Lipinski definition) is 6. The topological polar surface area (TPSA) is 106 Å². The first kappa shape index (κ1) is 22.4. The summed E-state index contributed by atoms with van der Waals surface area (Å²) >= 11 is 6.22. The van der Waals surface area contributed by atoms with Gasteiger partial charge < -0.3 is 5.32 Å². The summed E-state index contributed by atoms with van der Waals surface area (Å²) in [6, 6.07) is 4.65. The van der Waals surface area contributed by atoms with Gasteiger partial charge in [0.1, 0.15) is 5.69 Å². The number of carbonyl (C=O) groups is 2. The summed E-state index contributed by atoms with van der Waals surface area (Å²) in [5.74, 6) is -0.316. The lowest BCUT2D eigenvalue weighted by Gasteiger charge is -2.21. The van der Waals surface area contributed by atoms with Crippen molar-refractivity contribution in [3.63, 3.8) is 0 Å². The maximum Gasteiger partial charge on any atom is 0.233 e. The number of benzene rings is 1. The molecule has 0 radical (unpaired) electrons. The Morgan fingerprint density at radius 1 is 1.20 bits per heavy atom. The highest BCUT2D eigenvalue weighted by Crippen LogP contribution is 2.36. The van der Waals surface area contributed by atoms with Gasteiger partial charge in [0.25, 0.3) is 0 Å². The zero-order chi connectivity index (χ0) is 21.9. The summed E-state index contributed by atoms with van der Waals surface area (Å²) in [6.45, 7) is 1.39. The van der Waals surface area contributed by atoms with E-state index in [2.05, 4.69) is 15.3 Å². The van der Waals surface area contributed by atoms with Crippen LogP contribution >= 0.6 is 11.6 Å². The van der Waals surface area contributed by atoms with Gasteiger partial charge in [-0.2, -0.15) is 0 Å². The van der Waals surface area contributed by atoms with E-state index in [4.69, 9.17) is 11.6 Å². The Morgan fingerprint density at radius 3 is 2.43 bits per heavy atom. The van der Waals surface area contributed by atoms with E-state index in [1.165, 1.54) is 25.4 Å². The van der Waals surface area contributed by atoms with E-state index in [1.54, 1.807) is 12.1 Å². The van der Waals surface area contributed by atoms with Gasteiger partial charge in [0.05, 0.1) is 28.2 Å². The summed E-state index contributed by atoms with van der Waals surface area (Å²) in [6.07, 6.45) is 8.82. The third-order valence-corrected chi connectivity index (χ3v) is 6.96. The monoisotopic (exact) mass is 449 g/mol. The molecule has 9 heteroatoms. The molecular weight excluding hydrogens is 426 g/mol. The summed E-state index contributed by atoms with van der Waals surface area (Å²) < 4.78 is 23.7. The van der Waals surface area contributed by atoms with Crippen molar-refractivity contribution in [3.8, 4) is 0 Å². The number of ketones is 1. The van der Waals surface area contributed by atoms with Gasteiger partial charge in [0.15, 0.2) is 21.4 Å². The number of rotatable bonds is 7. The van der Waals surface area contributed by atoms with E-state index in [1.807, 2.05) is 0 Å². The molecule has 1 saturated carbocycles. The summed E-state index contributed by atoms with van der Waals surface area (Å²) in [5, 5.41) is 2.86. The number of amides is 1. The second-order valence-electron chi connectivity index (χ2n) is 7.73. The molecule has 0 bridgehead atoms. The molecule has 1 amide bonds. The highest BCUT2D eigenvalue weighted by molar-refractivity contribution is 7.90. The fraction of sp³-hybridized carbons (Fsp3) is 0.429. The van der Waals surface area contributed by atoms with Crippen LogP contribution in [0, 0.1) is 5.92 Å². The first-order valence-corrected chi connectivity index (χ1v) is 12.1. The lowest BCUT2D eigenvalue weighted by molar-refractivity contribution is -0.118. The van der Waals surface area contributed by atoms with E-state index in [9.17, 15) is 18.0 Å². The minimum absolute atomic E-state index is 0.0404. The Labute approximate surface area is 181 Å². The van der Waals surface area contributed by atoms with Gasteiger partial charge in [-0.1, -0.05) is 43.4 Å². The van der Waals surface area contributed by atoms with Crippen molar-refractivity contribution in [1.82, 2.24) is 9.97 Å². The fourth-order valence-corrected chi connectivity index (χ4v) is 5.13. The Hall–Kier alpha value is -2.32. The highest BCUT2D eigenvalue weighted by atomic mass is 35.5. The summed E-state index contributed by atoms with van der Waals surface area (Å²) in [5.41, 5.74) is 0.878. The Bertz CT molecular complexity index is 1050. The van der Waals surface area contributed by atoms with Crippen LogP contribution < -0.4 is 5.32 Å². The predicted molar refractivity (Wildman–Crippen MR) is 115 cm³/mol. The maximum atomic E-state index is 13.1. The molecule has 1 aromatic heterocycles. The quantitative estimate of drug-likeness (QED) is 0.639. The van der Waals surface area contributed by atoms with E-state index in [0.29, 0.717) is 17.9 Å². The van der Waals surface area contributed by atoms with E-state index < -0.39 is 15.8 Å². The number of Topliss-reactive ketones (excluding diaryl/α,β-unsaturated/α-hetero) is 1. The highest BCUT2D eigenvalue weighted by Gasteiger charge is 2.28. The average molecular weight is 450 g/mol. The lowest BCUT2D eigenvalue weighted by atomic mass is 9.87. The number of nitrogens with one attached hydrogen (secondary N) is 1. The first-order chi connectivity index (χ1) is 14.1. The number of aromatic nitrogens is 2. The third kappa shape index (κ3) is 5.43. The van der Waals surface area contributed by atoms with Crippen LogP contribution in [0.5, 0.6) is 0 Å². The van der Waals surface area contributed by atoms with Gasteiger partial charge in [0, 0.05) is 13.2 Å². The molecular formula is C21H24ClN3O4S. The van der Waals surface area contributed by atoms with Crippen molar-refractivity contribution >= 4 is 38.9 Å².